The fourth-order valence-electron chi connectivity index (χ4n) is 2.97. The Kier molecular flexibility index (Phi) is 6.23. The van der Waals surface area contributed by atoms with E-state index < -0.39 is 17.7 Å². The monoisotopic (exact) mass is 388 g/mol. The molecule has 0 saturated carbocycles. The molecule has 1 fully saturated rings. The molecular weight excluding hydrogens is 367 g/mol. The van der Waals surface area contributed by atoms with Crippen LogP contribution in [0.4, 0.5) is 15.8 Å². The lowest BCUT2D eigenvalue weighted by Gasteiger charge is -2.29. The zero-order chi connectivity index (χ0) is 20.1. The van der Waals surface area contributed by atoms with Crippen LogP contribution in [0, 0.1) is 5.82 Å². The van der Waals surface area contributed by atoms with Gasteiger partial charge in [-0.2, -0.15) is 0 Å². The Morgan fingerprint density at radius 1 is 1.21 bits per heavy atom. The Balaban J connectivity index is 1.75. The summed E-state index contributed by atoms with van der Waals surface area (Å²) in [6.45, 7) is 2.00. The second-order valence-corrected chi connectivity index (χ2v) is 6.45. The van der Waals surface area contributed by atoms with E-state index in [1.165, 1.54) is 30.3 Å². The Morgan fingerprint density at radius 3 is 2.61 bits per heavy atom. The number of nitrogens with zero attached hydrogens (tertiary/aromatic N) is 1. The Labute approximate surface area is 161 Å². The quantitative estimate of drug-likeness (QED) is 0.791. The number of anilines is 2. The van der Waals surface area contributed by atoms with Gasteiger partial charge in [0.05, 0.1) is 37.2 Å². The third kappa shape index (κ3) is 4.85. The van der Waals surface area contributed by atoms with Gasteiger partial charge in [-0.05, 0) is 42.5 Å². The van der Waals surface area contributed by atoms with Crippen molar-refractivity contribution in [2.75, 3.05) is 43.6 Å². The molecule has 8 heteroatoms. The van der Waals surface area contributed by atoms with Gasteiger partial charge in [-0.3, -0.25) is 4.79 Å². The molecule has 1 heterocycles. The van der Waals surface area contributed by atoms with Gasteiger partial charge in [0.1, 0.15) is 5.82 Å². The fraction of sp³-hybridized carbons (Fsp3) is 0.300. The van der Waals surface area contributed by atoms with Gasteiger partial charge in [-0.1, -0.05) is 0 Å². The van der Waals surface area contributed by atoms with Crippen LogP contribution in [0.2, 0.25) is 0 Å². The van der Waals surface area contributed by atoms with Crippen LogP contribution in [-0.2, 0) is 9.47 Å². The zero-order valence-electron chi connectivity index (χ0n) is 15.4. The van der Waals surface area contributed by atoms with E-state index in [9.17, 15) is 19.1 Å². The average Bonchev–Trinajstić information content (AvgIpc) is 2.69. The van der Waals surface area contributed by atoms with Crippen molar-refractivity contribution in [1.29, 1.82) is 0 Å². The first-order valence-corrected chi connectivity index (χ1v) is 8.79. The van der Waals surface area contributed by atoms with Crippen LogP contribution in [0.25, 0.3) is 0 Å². The molecule has 28 heavy (non-hydrogen) atoms. The normalized spacial score (nSPS) is 16.4. The molecule has 0 radical (unpaired) electrons. The molecule has 7 nitrogen and oxygen atoms in total. The maximum absolute atomic E-state index is 13.0. The smallest absolute Gasteiger partial charge is 0.337 e. The molecule has 3 rings (SSSR count). The van der Waals surface area contributed by atoms with Gasteiger partial charge < -0.3 is 24.8 Å². The van der Waals surface area contributed by atoms with Gasteiger partial charge in [0.15, 0.2) is 0 Å². The highest BCUT2D eigenvalue weighted by molar-refractivity contribution is 6.05. The van der Waals surface area contributed by atoms with E-state index in [2.05, 4.69) is 5.32 Å². The number of likely N-dealkylation sites (N-methyl/N-ethyl adjacent to an activating group) is 1. The fourth-order valence-corrected chi connectivity index (χ4v) is 2.97. The number of aromatic carboxylic acids is 1. The van der Waals surface area contributed by atoms with E-state index in [0.29, 0.717) is 37.7 Å². The van der Waals surface area contributed by atoms with Crippen LogP contribution in [-0.4, -0.2) is 56.5 Å². The standard InChI is InChI=1S/C20H21FN2O5/c1-23(11-16-12-27-8-9-28-16)18-7-6-15(10-17(18)20(25)26)22-19(24)13-2-4-14(21)5-3-13/h2-7,10,16H,8-9,11-12H2,1H3,(H,22,24)(H,25,26)/t16-/m0/s1. The lowest BCUT2D eigenvalue weighted by molar-refractivity contribution is -0.0837. The number of amides is 1. The Bertz CT molecular complexity index is 850. The highest BCUT2D eigenvalue weighted by atomic mass is 19.1. The first kappa shape index (κ1) is 19.8. The Hall–Kier alpha value is -2.97. The number of rotatable bonds is 6. The summed E-state index contributed by atoms with van der Waals surface area (Å²) in [6.07, 6.45) is -0.141. The lowest BCUT2D eigenvalue weighted by Crippen LogP contribution is -2.38. The third-order valence-corrected chi connectivity index (χ3v) is 4.36. The molecule has 0 bridgehead atoms. The predicted molar refractivity (Wildman–Crippen MR) is 102 cm³/mol. The molecule has 1 saturated heterocycles. The predicted octanol–water partition coefficient (Wildman–Crippen LogP) is 2.63. The van der Waals surface area contributed by atoms with E-state index in [4.69, 9.17) is 9.47 Å². The summed E-state index contributed by atoms with van der Waals surface area (Å²) < 4.78 is 24.0. The molecule has 0 unspecified atom stereocenters. The number of benzene rings is 2. The lowest BCUT2D eigenvalue weighted by atomic mass is 10.1. The number of carboxylic acid groups (broad SMARTS) is 1. The number of hydrogen-bond acceptors (Lipinski definition) is 5. The van der Waals surface area contributed by atoms with Crippen LogP contribution >= 0.6 is 0 Å². The SMILES string of the molecule is CN(C[C@H]1COCCO1)c1ccc(NC(=O)c2ccc(F)cc2)cc1C(=O)O. The number of ether oxygens (including phenoxy) is 2. The zero-order valence-corrected chi connectivity index (χ0v) is 15.4. The number of carbonyl (C=O) groups excluding carboxylic acids is 1. The minimum Gasteiger partial charge on any atom is -0.478 e. The second-order valence-electron chi connectivity index (χ2n) is 6.45. The molecule has 2 N–H and O–H groups in total. The van der Waals surface area contributed by atoms with Crippen molar-refractivity contribution in [2.24, 2.45) is 0 Å². The van der Waals surface area contributed by atoms with Crippen molar-refractivity contribution < 1.29 is 28.6 Å². The molecule has 1 aliphatic heterocycles. The molecule has 2 aromatic rings. The number of hydrogen-bond donors (Lipinski definition) is 2. The van der Waals surface area contributed by atoms with Crippen LogP contribution in [0.15, 0.2) is 42.5 Å². The topological polar surface area (TPSA) is 88.1 Å². The highest BCUT2D eigenvalue weighted by Gasteiger charge is 2.20. The maximum atomic E-state index is 13.0. The highest BCUT2D eigenvalue weighted by Crippen LogP contribution is 2.25. The maximum Gasteiger partial charge on any atom is 0.337 e. The molecular formula is C20H21FN2O5. The van der Waals surface area contributed by atoms with E-state index in [0.717, 1.165) is 0 Å². The molecule has 148 valence electrons. The molecule has 1 amide bonds. The van der Waals surface area contributed by atoms with Crippen molar-refractivity contribution >= 4 is 23.3 Å². The minimum absolute atomic E-state index is 0.0520. The molecule has 0 aromatic heterocycles. The number of nitrogens with one attached hydrogen (secondary N) is 1. The third-order valence-electron chi connectivity index (χ3n) is 4.36. The summed E-state index contributed by atoms with van der Waals surface area (Å²) in [5, 5.41) is 12.2. The number of carboxylic acids is 1. The molecule has 0 aliphatic carbocycles. The summed E-state index contributed by atoms with van der Waals surface area (Å²) in [7, 11) is 1.77. The van der Waals surface area contributed by atoms with Crippen LogP contribution in [0.3, 0.4) is 0 Å². The van der Waals surface area contributed by atoms with Gasteiger partial charge in [-0.25, -0.2) is 9.18 Å². The van der Waals surface area contributed by atoms with Crippen LogP contribution < -0.4 is 10.2 Å². The molecule has 0 spiro atoms. The van der Waals surface area contributed by atoms with Gasteiger partial charge in [0.25, 0.3) is 5.91 Å². The van der Waals surface area contributed by atoms with Crippen molar-refractivity contribution in [3.05, 3.63) is 59.4 Å². The van der Waals surface area contributed by atoms with Crippen molar-refractivity contribution in [3.63, 3.8) is 0 Å². The van der Waals surface area contributed by atoms with Gasteiger partial charge in [0, 0.05) is 24.8 Å². The minimum atomic E-state index is -1.11. The number of halogens is 1. The van der Waals surface area contributed by atoms with Gasteiger partial charge >= 0.3 is 5.97 Å². The average molecular weight is 388 g/mol. The van der Waals surface area contributed by atoms with Crippen molar-refractivity contribution in [1.82, 2.24) is 0 Å². The van der Waals surface area contributed by atoms with E-state index in [1.807, 2.05) is 0 Å². The summed E-state index contributed by atoms with van der Waals surface area (Å²) in [5.74, 6) is -2.00. The first-order valence-electron chi connectivity index (χ1n) is 8.79. The van der Waals surface area contributed by atoms with Crippen LogP contribution in [0.1, 0.15) is 20.7 Å². The van der Waals surface area contributed by atoms with Gasteiger partial charge in [0.2, 0.25) is 0 Å². The summed E-state index contributed by atoms with van der Waals surface area (Å²) in [6, 6.07) is 9.74. The molecule has 1 atom stereocenters. The van der Waals surface area contributed by atoms with Crippen LogP contribution in [0.5, 0.6) is 0 Å². The summed E-state index contributed by atoms with van der Waals surface area (Å²) >= 11 is 0. The Morgan fingerprint density at radius 2 is 1.96 bits per heavy atom. The summed E-state index contributed by atoms with van der Waals surface area (Å²) in [4.78, 5) is 25.8. The van der Waals surface area contributed by atoms with Crippen molar-refractivity contribution in [3.8, 4) is 0 Å². The molecule has 2 aromatic carbocycles. The van der Waals surface area contributed by atoms with E-state index in [-0.39, 0.29) is 17.2 Å². The van der Waals surface area contributed by atoms with E-state index in [1.54, 1.807) is 24.1 Å². The van der Waals surface area contributed by atoms with Crippen molar-refractivity contribution in [2.45, 2.75) is 6.10 Å². The molecule has 1 aliphatic rings. The van der Waals surface area contributed by atoms with E-state index >= 15 is 0 Å². The first-order chi connectivity index (χ1) is 13.4. The summed E-state index contributed by atoms with van der Waals surface area (Å²) in [5.41, 5.74) is 1.16. The number of carbonyl (C=O) groups is 2. The largest absolute Gasteiger partial charge is 0.478 e. The second kappa shape index (κ2) is 8.81. The van der Waals surface area contributed by atoms with Gasteiger partial charge in [-0.15, -0.1) is 0 Å².